The Morgan fingerprint density at radius 1 is 0.969 bits per heavy atom. The molecule has 0 spiro atoms. The van der Waals surface area contributed by atoms with Gasteiger partial charge in [0.15, 0.2) is 0 Å². The molecule has 2 heterocycles. The Morgan fingerprint density at radius 2 is 1.66 bits per heavy atom. The molecule has 0 unspecified atom stereocenters. The van der Waals surface area contributed by atoms with Crippen molar-refractivity contribution in [2.24, 2.45) is 0 Å². The largest absolute Gasteiger partial charge is 0.321 e. The quantitative estimate of drug-likeness (QED) is 0.624. The highest BCUT2D eigenvalue weighted by Crippen LogP contribution is 2.19. The summed E-state index contributed by atoms with van der Waals surface area (Å²) in [4.78, 5) is 18.9. The van der Waals surface area contributed by atoms with Crippen molar-refractivity contribution in [2.45, 2.75) is 18.4 Å². The minimum Gasteiger partial charge on any atom is -0.321 e. The van der Waals surface area contributed by atoms with Crippen LogP contribution in [0.1, 0.15) is 21.5 Å². The molecule has 1 aliphatic heterocycles. The summed E-state index contributed by atoms with van der Waals surface area (Å²) in [6, 6.07) is 18.0. The van der Waals surface area contributed by atoms with Crippen molar-refractivity contribution in [3.8, 4) is 0 Å². The van der Waals surface area contributed by atoms with E-state index >= 15 is 0 Å². The van der Waals surface area contributed by atoms with Crippen molar-refractivity contribution < 1.29 is 13.2 Å². The number of aryl methyl sites for hydroxylation is 1. The van der Waals surface area contributed by atoms with Crippen molar-refractivity contribution in [1.29, 1.82) is 0 Å². The van der Waals surface area contributed by atoms with Crippen molar-refractivity contribution in [3.63, 3.8) is 0 Å². The Kier molecular flexibility index (Phi) is 6.64. The van der Waals surface area contributed by atoms with Crippen LogP contribution in [0, 0.1) is 6.92 Å². The average Bonchev–Trinajstić information content (AvgIpc) is 2.81. The zero-order valence-corrected chi connectivity index (χ0v) is 18.8. The maximum absolute atomic E-state index is 12.9. The van der Waals surface area contributed by atoms with E-state index in [1.54, 1.807) is 53.1 Å². The standard InChI is InChI=1S/C24H26N4O3S/c1-19-4-10-23(11-5-19)32(30,31)28-15-13-27(14-16-28)18-20-6-8-21(9-7-20)24(29)26-22-3-2-12-25-17-22/h2-12,17H,13-16,18H2,1H3,(H,26,29). The SMILES string of the molecule is Cc1ccc(S(=O)(=O)N2CCN(Cc3ccc(C(=O)Nc4cccnc4)cc3)CC2)cc1. The number of nitrogens with zero attached hydrogens (tertiary/aromatic N) is 3. The van der Waals surface area contributed by atoms with E-state index in [0.29, 0.717) is 48.9 Å². The van der Waals surface area contributed by atoms with Gasteiger partial charge in [0.1, 0.15) is 0 Å². The number of nitrogens with one attached hydrogen (secondary N) is 1. The molecule has 0 saturated carbocycles. The maximum atomic E-state index is 12.9. The Hall–Kier alpha value is -3.07. The molecule has 2 aromatic carbocycles. The minimum atomic E-state index is -3.46. The van der Waals surface area contributed by atoms with Crippen molar-refractivity contribution in [3.05, 3.63) is 89.7 Å². The van der Waals surface area contributed by atoms with Gasteiger partial charge in [0.05, 0.1) is 16.8 Å². The van der Waals surface area contributed by atoms with Crippen LogP contribution in [0.2, 0.25) is 0 Å². The topological polar surface area (TPSA) is 82.6 Å². The highest BCUT2D eigenvalue weighted by Gasteiger charge is 2.28. The minimum absolute atomic E-state index is 0.181. The molecule has 8 heteroatoms. The molecule has 0 bridgehead atoms. The Labute approximate surface area is 188 Å². The van der Waals surface area contributed by atoms with E-state index in [4.69, 9.17) is 0 Å². The zero-order valence-electron chi connectivity index (χ0n) is 17.9. The van der Waals surface area contributed by atoms with Crippen LogP contribution in [0.25, 0.3) is 0 Å². The Morgan fingerprint density at radius 3 is 2.28 bits per heavy atom. The first-order valence-electron chi connectivity index (χ1n) is 10.5. The van der Waals surface area contributed by atoms with Crippen molar-refractivity contribution >= 4 is 21.6 Å². The van der Waals surface area contributed by atoms with E-state index in [2.05, 4.69) is 15.2 Å². The molecule has 0 radical (unpaired) electrons. The highest BCUT2D eigenvalue weighted by molar-refractivity contribution is 7.89. The number of aromatic nitrogens is 1. The summed E-state index contributed by atoms with van der Waals surface area (Å²) in [6.07, 6.45) is 3.26. The third-order valence-corrected chi connectivity index (χ3v) is 7.44. The molecule has 0 aliphatic carbocycles. The van der Waals surface area contributed by atoms with Gasteiger partial charge in [0, 0.05) is 44.5 Å². The first-order chi connectivity index (χ1) is 15.4. The van der Waals surface area contributed by atoms with Crippen LogP contribution in [0.3, 0.4) is 0 Å². The van der Waals surface area contributed by atoms with E-state index in [1.165, 1.54) is 0 Å². The van der Waals surface area contributed by atoms with E-state index in [1.807, 2.05) is 31.2 Å². The number of piperazine rings is 1. The van der Waals surface area contributed by atoms with Gasteiger partial charge in [-0.25, -0.2) is 8.42 Å². The number of hydrogen-bond donors (Lipinski definition) is 1. The van der Waals surface area contributed by atoms with Gasteiger partial charge in [-0.05, 0) is 48.9 Å². The Balaban J connectivity index is 1.31. The second-order valence-electron chi connectivity index (χ2n) is 7.89. The second kappa shape index (κ2) is 9.60. The van der Waals surface area contributed by atoms with Crippen molar-refractivity contribution in [2.75, 3.05) is 31.5 Å². The Bertz CT molecular complexity index is 1160. The van der Waals surface area contributed by atoms with Crippen LogP contribution in [0.4, 0.5) is 5.69 Å². The predicted octanol–water partition coefficient (Wildman–Crippen LogP) is 3.15. The number of carbonyl (C=O) groups excluding carboxylic acids is 1. The van der Waals surface area contributed by atoms with Gasteiger partial charge in [0.25, 0.3) is 5.91 Å². The lowest BCUT2D eigenvalue weighted by Crippen LogP contribution is -2.48. The number of hydrogen-bond acceptors (Lipinski definition) is 5. The average molecular weight is 451 g/mol. The third-order valence-electron chi connectivity index (χ3n) is 5.53. The van der Waals surface area contributed by atoms with E-state index in [-0.39, 0.29) is 5.91 Å². The molecule has 7 nitrogen and oxygen atoms in total. The summed E-state index contributed by atoms with van der Waals surface area (Å²) in [7, 11) is -3.46. The lowest BCUT2D eigenvalue weighted by atomic mass is 10.1. The monoisotopic (exact) mass is 450 g/mol. The van der Waals surface area contributed by atoms with Gasteiger partial charge in [-0.1, -0.05) is 29.8 Å². The number of benzene rings is 2. The molecular formula is C24H26N4O3S. The molecule has 0 atom stereocenters. The normalized spacial score (nSPS) is 15.4. The van der Waals surface area contributed by atoms with Gasteiger partial charge in [-0.3, -0.25) is 14.7 Å². The molecule has 1 fully saturated rings. The summed E-state index contributed by atoms with van der Waals surface area (Å²) in [5.41, 5.74) is 3.35. The highest BCUT2D eigenvalue weighted by atomic mass is 32.2. The fourth-order valence-corrected chi connectivity index (χ4v) is 5.07. The van der Waals surface area contributed by atoms with Crippen LogP contribution >= 0.6 is 0 Å². The lowest BCUT2D eigenvalue weighted by Gasteiger charge is -2.34. The first kappa shape index (κ1) is 22.1. The number of anilines is 1. The zero-order chi connectivity index (χ0) is 22.6. The number of sulfonamides is 1. The molecule has 1 aliphatic rings. The van der Waals surface area contributed by atoms with Crippen molar-refractivity contribution in [1.82, 2.24) is 14.2 Å². The number of rotatable bonds is 6. The summed E-state index contributed by atoms with van der Waals surface area (Å²) < 4.78 is 27.3. The van der Waals surface area contributed by atoms with E-state index < -0.39 is 10.0 Å². The van der Waals surface area contributed by atoms with Gasteiger partial charge < -0.3 is 5.32 Å². The summed E-state index contributed by atoms with van der Waals surface area (Å²) >= 11 is 0. The van der Waals surface area contributed by atoms with Crippen LogP contribution in [0.15, 0.2) is 78.0 Å². The van der Waals surface area contributed by atoms with Crippen LogP contribution in [-0.4, -0.2) is 54.7 Å². The summed E-state index contributed by atoms with van der Waals surface area (Å²) in [5.74, 6) is -0.181. The van der Waals surface area contributed by atoms with Crippen LogP contribution in [-0.2, 0) is 16.6 Å². The molecular weight excluding hydrogens is 424 g/mol. The predicted molar refractivity (Wildman–Crippen MR) is 124 cm³/mol. The third kappa shape index (κ3) is 5.21. The van der Waals surface area contributed by atoms with Gasteiger partial charge in [-0.15, -0.1) is 0 Å². The molecule has 32 heavy (non-hydrogen) atoms. The smallest absolute Gasteiger partial charge is 0.255 e. The summed E-state index contributed by atoms with van der Waals surface area (Å²) in [6.45, 7) is 4.89. The van der Waals surface area contributed by atoms with Gasteiger partial charge >= 0.3 is 0 Å². The van der Waals surface area contributed by atoms with Gasteiger partial charge in [0.2, 0.25) is 10.0 Å². The van der Waals surface area contributed by atoms with E-state index in [0.717, 1.165) is 11.1 Å². The number of amides is 1. The second-order valence-corrected chi connectivity index (χ2v) is 9.82. The van der Waals surface area contributed by atoms with Crippen LogP contribution in [0.5, 0.6) is 0 Å². The molecule has 3 aromatic rings. The summed E-state index contributed by atoms with van der Waals surface area (Å²) in [5, 5.41) is 2.82. The molecule has 1 N–H and O–H groups in total. The van der Waals surface area contributed by atoms with E-state index in [9.17, 15) is 13.2 Å². The lowest BCUT2D eigenvalue weighted by molar-refractivity contribution is 0.102. The fourth-order valence-electron chi connectivity index (χ4n) is 3.65. The number of carbonyl (C=O) groups is 1. The molecule has 1 saturated heterocycles. The maximum Gasteiger partial charge on any atom is 0.255 e. The fraction of sp³-hybridized carbons (Fsp3) is 0.250. The molecule has 1 amide bonds. The molecule has 1 aromatic heterocycles. The van der Waals surface area contributed by atoms with Crippen LogP contribution < -0.4 is 5.32 Å². The molecule has 4 rings (SSSR count). The first-order valence-corrected chi connectivity index (χ1v) is 12.0. The van der Waals surface area contributed by atoms with Gasteiger partial charge in [-0.2, -0.15) is 4.31 Å². The molecule has 166 valence electrons. The number of pyridine rings is 1.